The van der Waals surface area contributed by atoms with Crippen molar-refractivity contribution in [3.63, 3.8) is 0 Å². The molecule has 3 rings (SSSR count). The first-order valence-electron chi connectivity index (χ1n) is 5.50. The molecular weight excluding hydrogens is 146 g/mol. The van der Waals surface area contributed by atoms with Gasteiger partial charge in [-0.25, -0.2) is 0 Å². The van der Waals surface area contributed by atoms with E-state index in [1.165, 1.54) is 6.42 Å². The summed E-state index contributed by atoms with van der Waals surface area (Å²) < 4.78 is 0. The summed E-state index contributed by atoms with van der Waals surface area (Å²) in [5, 5.41) is 3.51. The molecule has 0 aromatic carbocycles. The maximum Gasteiger partial charge on any atom is 0.0126 e. The summed E-state index contributed by atoms with van der Waals surface area (Å²) in [6.45, 7) is 2.45. The van der Waals surface area contributed by atoms with Crippen LogP contribution in [0.15, 0.2) is 0 Å². The molecule has 1 heteroatoms. The molecule has 0 radical (unpaired) electrons. The van der Waals surface area contributed by atoms with E-state index in [0.29, 0.717) is 0 Å². The first-order chi connectivity index (χ1) is 5.83. The van der Waals surface area contributed by atoms with E-state index in [0.717, 1.165) is 35.6 Å². The molecule has 0 aromatic rings. The minimum absolute atomic E-state index is 0.866. The van der Waals surface area contributed by atoms with Gasteiger partial charge in [0.2, 0.25) is 0 Å². The van der Waals surface area contributed by atoms with E-state index in [1.54, 1.807) is 12.8 Å². The van der Waals surface area contributed by atoms with Gasteiger partial charge in [-0.05, 0) is 55.9 Å². The SMILES string of the molecule is CNC1C(C)C2C3CCC(C3)C12. The van der Waals surface area contributed by atoms with Crippen molar-refractivity contribution in [1.29, 1.82) is 0 Å². The molecule has 0 spiro atoms. The second-order valence-corrected chi connectivity index (χ2v) is 5.16. The van der Waals surface area contributed by atoms with Gasteiger partial charge < -0.3 is 5.32 Å². The lowest BCUT2D eigenvalue weighted by molar-refractivity contribution is -0.0142. The Morgan fingerprint density at radius 2 is 1.75 bits per heavy atom. The van der Waals surface area contributed by atoms with E-state index in [9.17, 15) is 0 Å². The van der Waals surface area contributed by atoms with Gasteiger partial charge in [-0.3, -0.25) is 0 Å². The Labute approximate surface area is 74.9 Å². The number of hydrogen-bond donors (Lipinski definition) is 1. The van der Waals surface area contributed by atoms with Crippen LogP contribution in [0.4, 0.5) is 0 Å². The van der Waals surface area contributed by atoms with Gasteiger partial charge >= 0.3 is 0 Å². The molecule has 68 valence electrons. The molecule has 0 amide bonds. The van der Waals surface area contributed by atoms with E-state index in [-0.39, 0.29) is 0 Å². The minimum atomic E-state index is 0.866. The molecule has 3 fully saturated rings. The third-order valence-corrected chi connectivity index (χ3v) is 4.97. The third-order valence-electron chi connectivity index (χ3n) is 4.97. The van der Waals surface area contributed by atoms with Gasteiger partial charge in [-0.15, -0.1) is 0 Å². The van der Waals surface area contributed by atoms with Crippen LogP contribution in [0, 0.1) is 29.6 Å². The average molecular weight is 165 g/mol. The zero-order valence-electron chi connectivity index (χ0n) is 8.09. The van der Waals surface area contributed by atoms with Crippen LogP contribution in [0.5, 0.6) is 0 Å². The Morgan fingerprint density at radius 1 is 1.08 bits per heavy atom. The maximum absolute atomic E-state index is 3.51. The predicted molar refractivity (Wildman–Crippen MR) is 49.8 cm³/mol. The summed E-state index contributed by atoms with van der Waals surface area (Å²) in [7, 11) is 2.14. The zero-order valence-corrected chi connectivity index (χ0v) is 8.09. The lowest BCUT2D eigenvalue weighted by Gasteiger charge is -2.53. The fourth-order valence-corrected chi connectivity index (χ4v) is 4.59. The second kappa shape index (κ2) is 2.25. The van der Waals surface area contributed by atoms with Gasteiger partial charge in [0.15, 0.2) is 0 Å². The van der Waals surface area contributed by atoms with Crippen LogP contribution in [0.2, 0.25) is 0 Å². The molecule has 3 saturated carbocycles. The molecule has 1 nitrogen and oxygen atoms in total. The molecule has 3 aliphatic carbocycles. The van der Waals surface area contributed by atoms with E-state index < -0.39 is 0 Å². The monoisotopic (exact) mass is 165 g/mol. The number of hydrogen-bond acceptors (Lipinski definition) is 1. The number of rotatable bonds is 1. The van der Waals surface area contributed by atoms with Gasteiger partial charge in [0.1, 0.15) is 0 Å². The Kier molecular flexibility index (Phi) is 1.39. The Balaban J connectivity index is 1.84. The third kappa shape index (κ3) is 0.654. The Hall–Kier alpha value is -0.0400. The molecule has 0 saturated heterocycles. The van der Waals surface area contributed by atoms with Gasteiger partial charge in [-0.2, -0.15) is 0 Å². The smallest absolute Gasteiger partial charge is 0.0126 e. The van der Waals surface area contributed by atoms with Crippen LogP contribution in [-0.4, -0.2) is 13.1 Å². The molecule has 2 bridgehead atoms. The van der Waals surface area contributed by atoms with E-state index in [2.05, 4.69) is 19.3 Å². The van der Waals surface area contributed by atoms with Gasteiger partial charge in [0, 0.05) is 6.04 Å². The van der Waals surface area contributed by atoms with Crippen LogP contribution in [-0.2, 0) is 0 Å². The summed E-state index contributed by atoms with van der Waals surface area (Å²) in [4.78, 5) is 0. The highest BCUT2D eigenvalue weighted by Gasteiger charge is 2.60. The van der Waals surface area contributed by atoms with E-state index >= 15 is 0 Å². The Morgan fingerprint density at radius 3 is 2.42 bits per heavy atom. The van der Waals surface area contributed by atoms with Crippen molar-refractivity contribution < 1.29 is 0 Å². The molecular formula is C11H19N. The first kappa shape index (κ1) is 7.37. The lowest BCUT2D eigenvalue weighted by Crippen LogP contribution is -2.58. The highest BCUT2D eigenvalue weighted by atomic mass is 14.9. The van der Waals surface area contributed by atoms with Crippen molar-refractivity contribution in [1.82, 2.24) is 5.32 Å². The topological polar surface area (TPSA) is 12.0 Å². The number of nitrogens with one attached hydrogen (secondary N) is 1. The van der Waals surface area contributed by atoms with Crippen molar-refractivity contribution in [3.05, 3.63) is 0 Å². The Bertz CT molecular complexity index is 201. The number of fused-ring (bicyclic) bond motifs is 5. The van der Waals surface area contributed by atoms with Crippen LogP contribution in [0.1, 0.15) is 26.2 Å². The van der Waals surface area contributed by atoms with Gasteiger partial charge in [0.05, 0.1) is 0 Å². The van der Waals surface area contributed by atoms with Gasteiger partial charge in [-0.1, -0.05) is 6.92 Å². The molecule has 6 atom stereocenters. The summed E-state index contributed by atoms with van der Waals surface area (Å²) >= 11 is 0. The standard InChI is InChI=1S/C11H19N/c1-6-9-7-3-4-8(5-7)10(9)11(6)12-2/h6-12H,3-5H2,1-2H3. The van der Waals surface area contributed by atoms with Crippen molar-refractivity contribution in [2.75, 3.05) is 7.05 Å². The summed E-state index contributed by atoms with van der Waals surface area (Å²) in [6.07, 6.45) is 4.65. The highest BCUT2D eigenvalue weighted by Crippen LogP contribution is 2.63. The minimum Gasteiger partial charge on any atom is -0.316 e. The summed E-state index contributed by atoms with van der Waals surface area (Å²) in [5.74, 6) is 5.38. The van der Waals surface area contributed by atoms with Crippen molar-refractivity contribution in [3.8, 4) is 0 Å². The second-order valence-electron chi connectivity index (χ2n) is 5.16. The zero-order chi connectivity index (χ0) is 8.29. The van der Waals surface area contributed by atoms with E-state index in [4.69, 9.17) is 0 Å². The molecule has 1 N–H and O–H groups in total. The molecule has 0 heterocycles. The predicted octanol–water partition coefficient (Wildman–Crippen LogP) is 1.89. The largest absolute Gasteiger partial charge is 0.316 e. The quantitative estimate of drug-likeness (QED) is 0.625. The van der Waals surface area contributed by atoms with Crippen LogP contribution >= 0.6 is 0 Å². The molecule has 6 unspecified atom stereocenters. The van der Waals surface area contributed by atoms with Crippen LogP contribution in [0.3, 0.4) is 0 Å². The van der Waals surface area contributed by atoms with Crippen molar-refractivity contribution >= 4 is 0 Å². The summed E-state index contributed by atoms with van der Waals surface area (Å²) in [6, 6.07) is 0.866. The highest BCUT2D eigenvalue weighted by molar-refractivity contribution is 5.11. The van der Waals surface area contributed by atoms with E-state index in [1.807, 2.05) is 0 Å². The molecule has 0 aliphatic heterocycles. The molecule has 0 aromatic heterocycles. The van der Waals surface area contributed by atoms with Crippen molar-refractivity contribution in [2.45, 2.75) is 32.2 Å². The van der Waals surface area contributed by atoms with Gasteiger partial charge in [0.25, 0.3) is 0 Å². The average Bonchev–Trinajstić information content (AvgIpc) is 2.60. The molecule has 12 heavy (non-hydrogen) atoms. The maximum atomic E-state index is 3.51. The van der Waals surface area contributed by atoms with Crippen LogP contribution in [0.25, 0.3) is 0 Å². The van der Waals surface area contributed by atoms with Crippen LogP contribution < -0.4 is 5.32 Å². The fourth-order valence-electron chi connectivity index (χ4n) is 4.59. The fraction of sp³-hybridized carbons (Fsp3) is 1.00. The normalized spacial score (nSPS) is 61.5. The summed E-state index contributed by atoms with van der Waals surface area (Å²) in [5.41, 5.74) is 0. The molecule has 3 aliphatic rings. The van der Waals surface area contributed by atoms with Crippen molar-refractivity contribution in [2.24, 2.45) is 29.6 Å². The lowest BCUT2D eigenvalue weighted by atomic mass is 9.56. The first-order valence-corrected chi connectivity index (χ1v) is 5.50.